The third-order valence-corrected chi connectivity index (χ3v) is 3.23. The largest absolute Gasteiger partial charge is 0.380 e. The molecule has 3 nitrogen and oxygen atoms in total. The van der Waals surface area contributed by atoms with Gasteiger partial charge in [0.25, 0.3) is 0 Å². The van der Waals surface area contributed by atoms with Crippen LogP contribution in [0.15, 0.2) is 24.3 Å². The fourth-order valence-electron chi connectivity index (χ4n) is 2.33. The van der Waals surface area contributed by atoms with Gasteiger partial charge in [-0.05, 0) is 31.9 Å². The smallest absolute Gasteiger partial charge is 0.0596 e. The lowest BCUT2D eigenvalue weighted by Crippen LogP contribution is -2.32. The molecule has 0 bridgehead atoms. The van der Waals surface area contributed by atoms with Crippen LogP contribution in [0.2, 0.25) is 0 Å². The summed E-state index contributed by atoms with van der Waals surface area (Å²) in [7, 11) is 4.15. The van der Waals surface area contributed by atoms with E-state index in [1.54, 1.807) is 0 Å². The number of rotatable bonds is 3. The lowest BCUT2D eigenvalue weighted by atomic mass is 10.0. The average Bonchev–Trinajstić information content (AvgIpc) is 2.29. The second-order valence-electron chi connectivity index (χ2n) is 4.96. The third-order valence-electron chi connectivity index (χ3n) is 3.23. The molecule has 3 heteroatoms. The maximum Gasteiger partial charge on any atom is 0.0596 e. The Morgan fingerprint density at radius 3 is 2.76 bits per heavy atom. The molecule has 1 aromatic carbocycles. The molecule has 1 heterocycles. The summed E-state index contributed by atoms with van der Waals surface area (Å²) < 4.78 is 5.57. The van der Waals surface area contributed by atoms with Gasteiger partial charge in [-0.1, -0.05) is 12.1 Å². The second-order valence-corrected chi connectivity index (χ2v) is 4.96. The first kappa shape index (κ1) is 12.2. The van der Waals surface area contributed by atoms with Crippen LogP contribution in [-0.4, -0.2) is 32.8 Å². The summed E-state index contributed by atoms with van der Waals surface area (Å²) in [6, 6.07) is 8.98. The molecule has 0 radical (unpaired) electrons. The Morgan fingerprint density at radius 2 is 2.06 bits per heavy atom. The lowest BCUT2D eigenvalue weighted by molar-refractivity contribution is 0.0232. The summed E-state index contributed by atoms with van der Waals surface area (Å²) in [4.78, 5) is 2.14. The highest BCUT2D eigenvalue weighted by atomic mass is 16.5. The van der Waals surface area contributed by atoms with E-state index in [2.05, 4.69) is 55.5 Å². The zero-order valence-electron chi connectivity index (χ0n) is 10.9. The number of benzene rings is 1. The quantitative estimate of drug-likeness (QED) is 0.870. The number of hydrogen-bond acceptors (Lipinski definition) is 3. The summed E-state index contributed by atoms with van der Waals surface area (Å²) >= 11 is 0. The van der Waals surface area contributed by atoms with Gasteiger partial charge in [0.1, 0.15) is 0 Å². The van der Waals surface area contributed by atoms with Crippen molar-refractivity contribution in [1.82, 2.24) is 0 Å². The van der Waals surface area contributed by atoms with Crippen molar-refractivity contribution in [1.29, 1.82) is 0 Å². The molecule has 1 aliphatic rings. The molecule has 1 aliphatic heterocycles. The van der Waals surface area contributed by atoms with E-state index in [1.165, 1.54) is 11.4 Å². The molecule has 2 unspecified atom stereocenters. The zero-order valence-corrected chi connectivity index (χ0v) is 10.9. The molecule has 1 N–H and O–H groups in total. The lowest BCUT2D eigenvalue weighted by Gasteiger charge is -2.30. The van der Waals surface area contributed by atoms with Crippen molar-refractivity contribution in [3.05, 3.63) is 24.3 Å². The van der Waals surface area contributed by atoms with Crippen LogP contribution in [0.3, 0.4) is 0 Å². The number of nitrogens with zero attached hydrogens (tertiary/aromatic N) is 1. The van der Waals surface area contributed by atoms with Gasteiger partial charge in [-0.3, -0.25) is 0 Å². The highest BCUT2D eigenvalue weighted by Crippen LogP contribution is 2.26. The molecule has 0 amide bonds. The summed E-state index contributed by atoms with van der Waals surface area (Å²) in [5, 5.41) is 3.64. The van der Waals surface area contributed by atoms with Gasteiger partial charge >= 0.3 is 0 Å². The van der Waals surface area contributed by atoms with Gasteiger partial charge < -0.3 is 15.0 Å². The molecule has 1 aromatic rings. The summed E-state index contributed by atoms with van der Waals surface area (Å²) in [5.74, 6) is 0. The van der Waals surface area contributed by atoms with E-state index in [0.29, 0.717) is 12.1 Å². The van der Waals surface area contributed by atoms with E-state index < -0.39 is 0 Å². The van der Waals surface area contributed by atoms with Gasteiger partial charge in [-0.25, -0.2) is 0 Å². The van der Waals surface area contributed by atoms with Gasteiger partial charge in [0.15, 0.2) is 0 Å². The predicted octanol–water partition coefficient (Wildman–Crippen LogP) is 2.73. The number of anilines is 2. The minimum absolute atomic E-state index is 0.368. The Labute approximate surface area is 104 Å². The van der Waals surface area contributed by atoms with Crippen molar-refractivity contribution < 1.29 is 4.74 Å². The molecule has 94 valence electrons. The van der Waals surface area contributed by atoms with Crippen LogP contribution in [0, 0.1) is 0 Å². The van der Waals surface area contributed by atoms with Crippen LogP contribution in [0.1, 0.15) is 19.8 Å². The molecule has 0 saturated carbocycles. The average molecular weight is 234 g/mol. The first-order chi connectivity index (χ1) is 8.16. The van der Waals surface area contributed by atoms with E-state index in [-0.39, 0.29) is 0 Å². The van der Waals surface area contributed by atoms with Crippen molar-refractivity contribution >= 4 is 11.4 Å². The first-order valence-corrected chi connectivity index (χ1v) is 6.31. The third kappa shape index (κ3) is 3.13. The highest BCUT2D eigenvalue weighted by Gasteiger charge is 2.19. The Balaban J connectivity index is 2.07. The molecule has 1 saturated heterocycles. The van der Waals surface area contributed by atoms with Crippen LogP contribution in [0.25, 0.3) is 0 Å². The van der Waals surface area contributed by atoms with Gasteiger partial charge in [-0.2, -0.15) is 0 Å². The summed E-state index contributed by atoms with van der Waals surface area (Å²) in [6.45, 7) is 3.01. The molecule has 17 heavy (non-hydrogen) atoms. The fraction of sp³-hybridized carbons (Fsp3) is 0.571. The predicted molar refractivity (Wildman–Crippen MR) is 72.8 cm³/mol. The summed E-state index contributed by atoms with van der Waals surface area (Å²) in [5.41, 5.74) is 2.46. The standard InChI is InChI=1S/C14H22N2O/c1-11-10-12(8-9-17-11)15-13-6-4-5-7-14(13)16(2)3/h4-7,11-12,15H,8-10H2,1-3H3. The van der Waals surface area contributed by atoms with Crippen LogP contribution in [0.5, 0.6) is 0 Å². The van der Waals surface area contributed by atoms with E-state index in [1.807, 2.05) is 0 Å². The molecular formula is C14H22N2O. The summed E-state index contributed by atoms with van der Waals surface area (Å²) in [6.07, 6.45) is 2.54. The monoisotopic (exact) mass is 234 g/mol. The molecule has 0 spiro atoms. The van der Waals surface area contributed by atoms with E-state index in [0.717, 1.165) is 19.4 Å². The van der Waals surface area contributed by atoms with Crippen LogP contribution < -0.4 is 10.2 Å². The number of ether oxygens (including phenoxy) is 1. The number of para-hydroxylation sites is 2. The minimum atomic E-state index is 0.368. The maximum atomic E-state index is 5.57. The zero-order chi connectivity index (χ0) is 12.3. The van der Waals surface area contributed by atoms with Gasteiger partial charge in [-0.15, -0.1) is 0 Å². The number of hydrogen-bond donors (Lipinski definition) is 1. The molecule has 2 atom stereocenters. The Kier molecular flexibility index (Phi) is 3.89. The van der Waals surface area contributed by atoms with Crippen molar-refractivity contribution in [2.45, 2.75) is 31.9 Å². The van der Waals surface area contributed by atoms with E-state index >= 15 is 0 Å². The van der Waals surface area contributed by atoms with Crippen LogP contribution in [-0.2, 0) is 4.74 Å². The van der Waals surface area contributed by atoms with E-state index in [9.17, 15) is 0 Å². The molecule has 2 rings (SSSR count). The maximum absolute atomic E-state index is 5.57. The molecule has 0 aromatic heterocycles. The first-order valence-electron chi connectivity index (χ1n) is 6.31. The SMILES string of the molecule is CC1CC(Nc2ccccc2N(C)C)CCO1. The van der Waals surface area contributed by atoms with Crippen molar-refractivity contribution in [2.24, 2.45) is 0 Å². The van der Waals surface area contributed by atoms with Gasteiger partial charge in [0.05, 0.1) is 17.5 Å². The fourth-order valence-corrected chi connectivity index (χ4v) is 2.33. The van der Waals surface area contributed by atoms with Gasteiger partial charge in [0.2, 0.25) is 0 Å². The van der Waals surface area contributed by atoms with Gasteiger partial charge in [0, 0.05) is 26.7 Å². The Bertz CT molecular complexity index is 365. The molecule has 0 aliphatic carbocycles. The van der Waals surface area contributed by atoms with Crippen molar-refractivity contribution in [2.75, 3.05) is 30.9 Å². The van der Waals surface area contributed by atoms with E-state index in [4.69, 9.17) is 4.74 Å². The minimum Gasteiger partial charge on any atom is -0.380 e. The Hall–Kier alpha value is -1.22. The van der Waals surface area contributed by atoms with Crippen LogP contribution in [0.4, 0.5) is 11.4 Å². The normalized spacial score (nSPS) is 24.4. The molecule has 1 fully saturated rings. The molecular weight excluding hydrogens is 212 g/mol. The highest BCUT2D eigenvalue weighted by molar-refractivity contribution is 5.69. The second kappa shape index (κ2) is 5.41. The topological polar surface area (TPSA) is 24.5 Å². The number of nitrogens with one attached hydrogen (secondary N) is 1. The van der Waals surface area contributed by atoms with Crippen LogP contribution >= 0.6 is 0 Å². The van der Waals surface area contributed by atoms with Crippen molar-refractivity contribution in [3.63, 3.8) is 0 Å². The Morgan fingerprint density at radius 1 is 1.29 bits per heavy atom. The van der Waals surface area contributed by atoms with Crippen molar-refractivity contribution in [3.8, 4) is 0 Å².